The maximum atomic E-state index is 5.57. The molecule has 1 aromatic rings. The molecule has 90 valence electrons. The number of nitrogens with zero attached hydrogens (tertiary/aromatic N) is 2. The molecule has 0 saturated heterocycles. The van der Waals surface area contributed by atoms with Crippen LogP contribution in [0.2, 0.25) is 0 Å². The zero-order valence-corrected chi connectivity index (χ0v) is 10.1. The smallest absolute Gasteiger partial charge is 0.213 e. The maximum absolute atomic E-state index is 5.57. The highest BCUT2D eigenvalue weighted by Crippen LogP contribution is 2.06. The van der Waals surface area contributed by atoms with Crippen LogP contribution >= 0.6 is 0 Å². The monoisotopic (exact) mass is 223 g/mol. The number of pyridine rings is 1. The summed E-state index contributed by atoms with van der Waals surface area (Å²) in [6.07, 6.45) is 0. The topological polar surface area (TPSA) is 51.4 Å². The van der Waals surface area contributed by atoms with Gasteiger partial charge >= 0.3 is 0 Å². The zero-order chi connectivity index (χ0) is 11.8. The Balaban J connectivity index is 2.36. The first-order valence-corrected chi connectivity index (χ1v) is 5.81. The Morgan fingerprint density at radius 1 is 1.31 bits per heavy atom. The quantitative estimate of drug-likeness (QED) is 0.756. The molecule has 1 aromatic heterocycles. The summed E-state index contributed by atoms with van der Waals surface area (Å²) < 4.78 is 5.57. The molecule has 0 aliphatic heterocycles. The Hall–Kier alpha value is -1.13. The average molecular weight is 223 g/mol. The van der Waals surface area contributed by atoms with E-state index in [-0.39, 0.29) is 0 Å². The fraction of sp³-hybridized carbons (Fsp3) is 0.583. The second-order valence-electron chi connectivity index (χ2n) is 3.55. The number of hydrogen-bond acceptors (Lipinski definition) is 4. The second kappa shape index (κ2) is 7.19. The van der Waals surface area contributed by atoms with E-state index in [2.05, 4.69) is 23.7 Å². The third-order valence-electron chi connectivity index (χ3n) is 2.54. The van der Waals surface area contributed by atoms with Crippen molar-refractivity contribution in [2.24, 2.45) is 5.73 Å². The number of nitrogens with two attached hydrogens (primary N) is 1. The van der Waals surface area contributed by atoms with Crippen molar-refractivity contribution in [3.63, 3.8) is 0 Å². The lowest BCUT2D eigenvalue weighted by atomic mass is 10.3. The lowest BCUT2D eigenvalue weighted by Crippen LogP contribution is -2.28. The largest absolute Gasteiger partial charge is 0.476 e. The lowest BCUT2D eigenvalue weighted by Gasteiger charge is -2.17. The Morgan fingerprint density at radius 3 is 2.69 bits per heavy atom. The summed E-state index contributed by atoms with van der Waals surface area (Å²) >= 11 is 0. The molecule has 16 heavy (non-hydrogen) atoms. The molecule has 0 aliphatic rings. The van der Waals surface area contributed by atoms with Crippen LogP contribution in [0, 0.1) is 0 Å². The molecule has 4 heteroatoms. The first-order valence-electron chi connectivity index (χ1n) is 5.81. The Morgan fingerprint density at radius 2 is 2.06 bits per heavy atom. The minimum atomic E-state index is 0.452. The molecule has 1 rings (SSSR count). The fourth-order valence-electron chi connectivity index (χ4n) is 1.47. The second-order valence-corrected chi connectivity index (χ2v) is 3.55. The minimum absolute atomic E-state index is 0.452. The molecule has 0 radical (unpaired) electrons. The highest BCUT2D eigenvalue weighted by molar-refractivity contribution is 5.15. The van der Waals surface area contributed by atoms with Crippen molar-refractivity contribution < 1.29 is 4.74 Å². The van der Waals surface area contributed by atoms with Crippen molar-refractivity contribution >= 4 is 0 Å². The van der Waals surface area contributed by atoms with Gasteiger partial charge in [0.25, 0.3) is 0 Å². The highest BCUT2D eigenvalue weighted by atomic mass is 16.5. The van der Waals surface area contributed by atoms with Crippen molar-refractivity contribution in [2.75, 3.05) is 26.2 Å². The Labute approximate surface area is 97.4 Å². The van der Waals surface area contributed by atoms with Crippen LogP contribution in [0.15, 0.2) is 18.2 Å². The van der Waals surface area contributed by atoms with Gasteiger partial charge in [0.05, 0.1) is 5.69 Å². The molecule has 0 bridgehead atoms. The van der Waals surface area contributed by atoms with Crippen LogP contribution in [0.4, 0.5) is 0 Å². The SMILES string of the molecule is CCN(CC)CCOc1cccc(CN)n1. The molecule has 0 spiro atoms. The van der Waals surface area contributed by atoms with Crippen LogP contribution in [-0.4, -0.2) is 36.1 Å². The zero-order valence-electron chi connectivity index (χ0n) is 10.1. The van der Waals surface area contributed by atoms with E-state index >= 15 is 0 Å². The number of likely N-dealkylation sites (N-methyl/N-ethyl adjacent to an activating group) is 1. The standard InChI is InChI=1S/C12H21N3O/c1-3-15(4-2)8-9-16-12-7-5-6-11(10-13)14-12/h5-7H,3-4,8-10,13H2,1-2H3. The summed E-state index contributed by atoms with van der Waals surface area (Å²) in [5.41, 5.74) is 6.37. The summed E-state index contributed by atoms with van der Waals surface area (Å²) in [5.74, 6) is 0.662. The minimum Gasteiger partial charge on any atom is -0.476 e. The van der Waals surface area contributed by atoms with Crippen molar-refractivity contribution in [1.82, 2.24) is 9.88 Å². The molecule has 0 aromatic carbocycles. The van der Waals surface area contributed by atoms with E-state index in [1.807, 2.05) is 18.2 Å². The first-order chi connectivity index (χ1) is 7.80. The summed E-state index contributed by atoms with van der Waals surface area (Å²) in [6, 6.07) is 5.68. The van der Waals surface area contributed by atoms with E-state index in [1.165, 1.54) is 0 Å². The van der Waals surface area contributed by atoms with E-state index in [1.54, 1.807) is 0 Å². The summed E-state index contributed by atoms with van der Waals surface area (Å²) in [5, 5.41) is 0. The average Bonchev–Trinajstić information content (AvgIpc) is 2.35. The van der Waals surface area contributed by atoms with Crippen LogP contribution in [-0.2, 0) is 6.54 Å². The number of rotatable bonds is 7. The maximum Gasteiger partial charge on any atom is 0.213 e. The predicted octanol–water partition coefficient (Wildman–Crippen LogP) is 1.26. The molecule has 0 aliphatic carbocycles. The summed E-state index contributed by atoms with van der Waals surface area (Å²) in [4.78, 5) is 6.59. The van der Waals surface area contributed by atoms with Gasteiger partial charge in [0, 0.05) is 19.2 Å². The normalized spacial score (nSPS) is 10.8. The van der Waals surface area contributed by atoms with Crippen molar-refractivity contribution in [3.8, 4) is 5.88 Å². The van der Waals surface area contributed by atoms with Crippen molar-refractivity contribution in [3.05, 3.63) is 23.9 Å². The molecule has 0 amide bonds. The Kier molecular flexibility index (Phi) is 5.82. The fourth-order valence-corrected chi connectivity index (χ4v) is 1.47. The van der Waals surface area contributed by atoms with Gasteiger partial charge in [-0.25, -0.2) is 4.98 Å². The van der Waals surface area contributed by atoms with Gasteiger partial charge in [0.15, 0.2) is 0 Å². The van der Waals surface area contributed by atoms with E-state index in [9.17, 15) is 0 Å². The number of aromatic nitrogens is 1. The third kappa shape index (κ3) is 4.16. The van der Waals surface area contributed by atoms with E-state index in [4.69, 9.17) is 10.5 Å². The van der Waals surface area contributed by atoms with Gasteiger partial charge in [-0.2, -0.15) is 0 Å². The molecule has 1 heterocycles. The lowest BCUT2D eigenvalue weighted by molar-refractivity contribution is 0.217. The first kappa shape index (κ1) is 12.9. The molecule has 0 atom stereocenters. The molecular formula is C12H21N3O. The highest BCUT2D eigenvalue weighted by Gasteiger charge is 2.00. The molecule has 0 saturated carbocycles. The van der Waals surface area contributed by atoms with Crippen molar-refractivity contribution in [2.45, 2.75) is 20.4 Å². The van der Waals surface area contributed by atoms with Crippen LogP contribution in [0.3, 0.4) is 0 Å². The summed E-state index contributed by atoms with van der Waals surface area (Å²) in [6.45, 7) is 8.46. The van der Waals surface area contributed by atoms with Crippen molar-refractivity contribution in [1.29, 1.82) is 0 Å². The Bertz CT molecular complexity index is 300. The van der Waals surface area contributed by atoms with Crippen LogP contribution in [0.5, 0.6) is 5.88 Å². The molecular weight excluding hydrogens is 202 g/mol. The van der Waals surface area contributed by atoms with Gasteiger partial charge in [-0.1, -0.05) is 19.9 Å². The molecule has 2 N–H and O–H groups in total. The van der Waals surface area contributed by atoms with E-state index in [0.717, 1.165) is 25.3 Å². The van der Waals surface area contributed by atoms with Gasteiger partial charge in [-0.15, -0.1) is 0 Å². The molecule has 0 unspecified atom stereocenters. The number of hydrogen-bond donors (Lipinski definition) is 1. The van der Waals surface area contributed by atoms with Gasteiger partial charge in [0.1, 0.15) is 6.61 Å². The van der Waals surface area contributed by atoms with Crippen LogP contribution in [0.25, 0.3) is 0 Å². The van der Waals surface area contributed by atoms with Crippen LogP contribution in [0.1, 0.15) is 19.5 Å². The van der Waals surface area contributed by atoms with Gasteiger partial charge in [0.2, 0.25) is 5.88 Å². The van der Waals surface area contributed by atoms with Gasteiger partial charge in [-0.05, 0) is 19.2 Å². The van der Waals surface area contributed by atoms with Gasteiger partial charge < -0.3 is 15.4 Å². The predicted molar refractivity (Wildman–Crippen MR) is 65.4 cm³/mol. The molecule has 0 fully saturated rings. The van der Waals surface area contributed by atoms with Crippen LogP contribution < -0.4 is 10.5 Å². The van der Waals surface area contributed by atoms with E-state index in [0.29, 0.717) is 19.0 Å². The van der Waals surface area contributed by atoms with E-state index < -0.39 is 0 Å². The number of ether oxygens (including phenoxy) is 1. The molecule has 4 nitrogen and oxygen atoms in total. The van der Waals surface area contributed by atoms with Gasteiger partial charge in [-0.3, -0.25) is 0 Å². The summed E-state index contributed by atoms with van der Waals surface area (Å²) in [7, 11) is 0. The third-order valence-corrected chi connectivity index (χ3v) is 2.54.